The highest BCUT2D eigenvalue weighted by molar-refractivity contribution is 5.66. The van der Waals surface area contributed by atoms with E-state index in [2.05, 4.69) is 27.8 Å². The quantitative estimate of drug-likeness (QED) is 0.123. The number of nitrogens with zero attached hydrogens (tertiary/aromatic N) is 1. The number of aliphatic carboxylic acids is 1. The molecule has 0 aromatic heterocycles. The van der Waals surface area contributed by atoms with Gasteiger partial charge in [0.25, 0.3) is 0 Å². The molecule has 0 N–H and O–H groups in total. The van der Waals surface area contributed by atoms with Crippen molar-refractivity contribution in [3.63, 3.8) is 0 Å². The van der Waals surface area contributed by atoms with E-state index < -0.39 is 5.97 Å². The first kappa shape index (κ1) is 33.6. The predicted molar refractivity (Wildman–Crippen MR) is 141 cm³/mol. The van der Waals surface area contributed by atoms with Crippen molar-refractivity contribution in [2.45, 2.75) is 150 Å². The van der Waals surface area contributed by atoms with E-state index in [4.69, 9.17) is 0 Å². The first-order valence-electron chi connectivity index (χ1n) is 14.4. The van der Waals surface area contributed by atoms with E-state index in [0.29, 0.717) is 0 Å². The number of hydrogen-bond acceptors (Lipinski definition) is 2. The zero-order valence-electron chi connectivity index (χ0n) is 23.2. The van der Waals surface area contributed by atoms with Gasteiger partial charge in [-0.3, -0.25) is 0 Å². The zero-order chi connectivity index (χ0) is 24.5. The maximum atomic E-state index is 9.59. The van der Waals surface area contributed by atoms with E-state index in [1.54, 1.807) is 13.8 Å². The fraction of sp³-hybridized carbons (Fsp3) is 0.966. The third-order valence-corrected chi connectivity index (χ3v) is 6.63. The molecule has 0 radical (unpaired) electrons. The molecule has 0 rings (SSSR count). The van der Waals surface area contributed by atoms with Gasteiger partial charge in [0.15, 0.2) is 0 Å². The molecule has 0 saturated heterocycles. The Morgan fingerprint density at radius 1 is 0.562 bits per heavy atom. The number of carbonyl (C=O) groups excluding carboxylic acids is 1. The van der Waals surface area contributed by atoms with Gasteiger partial charge in [-0.05, 0) is 44.4 Å². The van der Waals surface area contributed by atoms with Crippen molar-refractivity contribution in [1.29, 1.82) is 0 Å². The Morgan fingerprint density at radius 2 is 0.781 bits per heavy atom. The van der Waals surface area contributed by atoms with Gasteiger partial charge in [-0.15, -0.1) is 0 Å². The van der Waals surface area contributed by atoms with Crippen molar-refractivity contribution >= 4 is 5.97 Å². The molecule has 0 fully saturated rings. The van der Waals surface area contributed by atoms with Gasteiger partial charge < -0.3 is 14.4 Å². The van der Waals surface area contributed by atoms with Crippen LogP contribution in [0.15, 0.2) is 0 Å². The second-order valence-corrected chi connectivity index (χ2v) is 10.6. The molecule has 0 amide bonds. The molecule has 0 saturated carbocycles. The summed E-state index contributed by atoms with van der Waals surface area (Å²) >= 11 is 0. The minimum atomic E-state index is -0.991. The van der Waals surface area contributed by atoms with Gasteiger partial charge in [0, 0.05) is 5.97 Å². The highest BCUT2D eigenvalue weighted by Crippen LogP contribution is 2.16. The highest BCUT2D eigenvalue weighted by atomic mass is 16.4. The molecule has 32 heavy (non-hydrogen) atoms. The Balaban J connectivity index is 0. The lowest BCUT2D eigenvalue weighted by molar-refractivity contribution is -0.910. The van der Waals surface area contributed by atoms with Crippen LogP contribution in [0.5, 0.6) is 0 Å². The SMILES string of the molecule is CC(C)C(=O)[O-].CCCCCCCC[N+](C)(CCCCCCCC)CCCCCCCC. The number of carboxylic acid groups (broad SMARTS) is 1. The normalized spacial score (nSPS) is 11.5. The lowest BCUT2D eigenvalue weighted by atomic mass is 10.1. The first-order chi connectivity index (χ1) is 15.3. The summed E-state index contributed by atoms with van der Waals surface area (Å²) in [5.41, 5.74) is 0. The Morgan fingerprint density at radius 3 is 1.00 bits per heavy atom. The van der Waals surface area contributed by atoms with E-state index in [0.717, 1.165) is 0 Å². The highest BCUT2D eigenvalue weighted by Gasteiger charge is 2.20. The summed E-state index contributed by atoms with van der Waals surface area (Å²) in [6.07, 6.45) is 25.9. The van der Waals surface area contributed by atoms with Crippen molar-refractivity contribution in [3.8, 4) is 0 Å². The fourth-order valence-corrected chi connectivity index (χ4v) is 4.16. The maximum absolute atomic E-state index is 9.59. The molecule has 0 atom stereocenters. The summed E-state index contributed by atoms with van der Waals surface area (Å²) in [6.45, 7) is 14.4. The van der Waals surface area contributed by atoms with Crippen molar-refractivity contribution in [3.05, 3.63) is 0 Å². The number of rotatable bonds is 22. The van der Waals surface area contributed by atoms with E-state index in [9.17, 15) is 9.90 Å². The first-order valence-corrected chi connectivity index (χ1v) is 14.4. The van der Waals surface area contributed by atoms with Crippen LogP contribution in [0.3, 0.4) is 0 Å². The lowest BCUT2D eigenvalue weighted by Gasteiger charge is -2.35. The van der Waals surface area contributed by atoms with Crippen molar-refractivity contribution < 1.29 is 14.4 Å². The smallest absolute Gasteiger partial charge is 0.0784 e. The van der Waals surface area contributed by atoms with Gasteiger partial charge in [-0.2, -0.15) is 0 Å². The minimum absolute atomic E-state index is 0.343. The van der Waals surface area contributed by atoms with Crippen LogP contribution >= 0.6 is 0 Å². The lowest BCUT2D eigenvalue weighted by Crippen LogP contribution is -2.46. The molecular formula is C29H61NO2. The molecule has 0 aromatic carbocycles. The Hall–Kier alpha value is -0.570. The second-order valence-electron chi connectivity index (χ2n) is 10.6. The van der Waals surface area contributed by atoms with Crippen LogP contribution < -0.4 is 5.11 Å². The Kier molecular flexibility index (Phi) is 26.3. The molecule has 0 bridgehead atoms. The Bertz CT molecular complexity index is 341. The molecular weight excluding hydrogens is 394 g/mol. The van der Waals surface area contributed by atoms with E-state index in [1.807, 2.05) is 0 Å². The average Bonchev–Trinajstić information content (AvgIpc) is 2.76. The number of carboxylic acids is 1. The van der Waals surface area contributed by atoms with Gasteiger partial charge >= 0.3 is 0 Å². The van der Waals surface area contributed by atoms with Crippen LogP contribution in [-0.4, -0.2) is 37.1 Å². The predicted octanol–water partition coefficient (Wildman–Crippen LogP) is 7.91. The third-order valence-electron chi connectivity index (χ3n) is 6.63. The molecule has 0 spiro atoms. The Labute approximate surface area is 203 Å². The number of carbonyl (C=O) groups is 1. The molecule has 0 aliphatic rings. The molecule has 0 heterocycles. The molecule has 3 nitrogen and oxygen atoms in total. The zero-order valence-corrected chi connectivity index (χ0v) is 23.2. The van der Waals surface area contributed by atoms with Crippen LogP contribution in [0, 0.1) is 5.92 Å². The fourth-order valence-electron chi connectivity index (χ4n) is 4.16. The van der Waals surface area contributed by atoms with Crippen LogP contribution in [0.25, 0.3) is 0 Å². The average molecular weight is 456 g/mol. The van der Waals surface area contributed by atoms with Crippen LogP contribution in [0.2, 0.25) is 0 Å². The molecule has 3 heteroatoms. The summed E-state index contributed by atoms with van der Waals surface area (Å²) in [4.78, 5) is 9.59. The standard InChI is InChI=1S/C25H54N.C4H8O2/c1-5-8-11-14-17-20-23-26(4,24-21-18-15-12-9-6-2)25-22-19-16-13-10-7-3;1-3(2)4(5)6/h5-25H2,1-4H3;3H,1-2H3,(H,5,6)/q+1;/p-1. The van der Waals surface area contributed by atoms with Gasteiger partial charge in [0.2, 0.25) is 0 Å². The van der Waals surface area contributed by atoms with Crippen LogP contribution in [-0.2, 0) is 4.79 Å². The van der Waals surface area contributed by atoms with Gasteiger partial charge in [0.05, 0.1) is 26.7 Å². The topological polar surface area (TPSA) is 40.1 Å². The van der Waals surface area contributed by atoms with Gasteiger partial charge in [-0.25, -0.2) is 0 Å². The van der Waals surface area contributed by atoms with Crippen molar-refractivity contribution in [1.82, 2.24) is 0 Å². The van der Waals surface area contributed by atoms with Crippen LogP contribution in [0.1, 0.15) is 150 Å². The van der Waals surface area contributed by atoms with Crippen molar-refractivity contribution in [2.24, 2.45) is 5.92 Å². The molecule has 0 aliphatic carbocycles. The minimum Gasteiger partial charge on any atom is -0.550 e. The summed E-state index contributed by atoms with van der Waals surface area (Å²) < 4.78 is 1.36. The monoisotopic (exact) mass is 455 g/mol. The summed E-state index contributed by atoms with van der Waals surface area (Å²) in [6, 6.07) is 0. The van der Waals surface area contributed by atoms with E-state index in [1.165, 1.54) is 140 Å². The summed E-state index contributed by atoms with van der Waals surface area (Å²) in [5.74, 6) is -1.33. The molecule has 0 aromatic rings. The van der Waals surface area contributed by atoms with E-state index in [-0.39, 0.29) is 5.92 Å². The molecule has 194 valence electrons. The summed E-state index contributed by atoms with van der Waals surface area (Å²) in [5, 5.41) is 9.59. The van der Waals surface area contributed by atoms with E-state index >= 15 is 0 Å². The molecule has 0 unspecified atom stereocenters. The summed E-state index contributed by atoms with van der Waals surface area (Å²) in [7, 11) is 2.56. The van der Waals surface area contributed by atoms with Crippen LogP contribution in [0.4, 0.5) is 0 Å². The number of hydrogen-bond donors (Lipinski definition) is 0. The second kappa shape index (κ2) is 25.1. The van der Waals surface area contributed by atoms with Crippen molar-refractivity contribution in [2.75, 3.05) is 26.7 Å². The van der Waals surface area contributed by atoms with Gasteiger partial charge in [-0.1, -0.05) is 112 Å². The molecule has 0 aliphatic heterocycles. The number of unbranched alkanes of at least 4 members (excludes halogenated alkanes) is 15. The largest absolute Gasteiger partial charge is 0.550 e. The third kappa shape index (κ3) is 25.7. The van der Waals surface area contributed by atoms with Gasteiger partial charge in [0.1, 0.15) is 0 Å². The number of quaternary nitrogens is 1. The maximum Gasteiger partial charge on any atom is 0.0784 e.